The van der Waals surface area contributed by atoms with Gasteiger partial charge in [-0.1, -0.05) is 24.3 Å². The zero-order valence-corrected chi connectivity index (χ0v) is 15.5. The summed E-state index contributed by atoms with van der Waals surface area (Å²) in [4.78, 5) is 17.1. The molecule has 1 unspecified atom stereocenters. The highest BCUT2D eigenvalue weighted by molar-refractivity contribution is 7.89. The van der Waals surface area contributed by atoms with Crippen molar-refractivity contribution in [1.29, 1.82) is 0 Å². The molecule has 1 aliphatic heterocycles. The molecule has 6 nitrogen and oxygen atoms in total. The number of hydrogen-bond donors (Lipinski definition) is 1. The number of sulfonamides is 1. The fraction of sp³-hybridized carbons (Fsp3) is 0.368. The molecule has 1 amide bonds. The number of hydrogen-bond acceptors (Lipinski definition) is 4. The number of carbonyl (C=O) groups is 1. The molecule has 0 saturated carbocycles. The molecular formula is C19H23N3O3S. The quantitative estimate of drug-likeness (QED) is 0.873. The summed E-state index contributed by atoms with van der Waals surface area (Å²) >= 11 is 0. The Labute approximate surface area is 154 Å². The Morgan fingerprint density at radius 2 is 1.77 bits per heavy atom. The minimum absolute atomic E-state index is 0.0417. The Bertz CT molecular complexity index is 833. The Hall–Kier alpha value is -2.25. The molecule has 2 heterocycles. The number of nitrogens with one attached hydrogen (secondary N) is 1. The molecule has 1 N–H and O–H groups in total. The number of rotatable bonds is 5. The molecule has 1 aromatic carbocycles. The highest BCUT2D eigenvalue weighted by atomic mass is 32.2. The lowest BCUT2D eigenvalue weighted by atomic mass is 9.97. The Morgan fingerprint density at radius 1 is 1.12 bits per heavy atom. The van der Waals surface area contributed by atoms with E-state index in [2.05, 4.69) is 10.3 Å². The van der Waals surface area contributed by atoms with Crippen molar-refractivity contribution in [3.63, 3.8) is 0 Å². The molecule has 0 spiro atoms. The van der Waals surface area contributed by atoms with E-state index >= 15 is 0 Å². The van der Waals surface area contributed by atoms with Crippen LogP contribution in [0.3, 0.4) is 0 Å². The SMILES string of the molecule is CC(NC(=O)C1CCN(S(=O)(=O)c2ccccc2)CC1)c1ccccn1. The van der Waals surface area contributed by atoms with Gasteiger partial charge in [0.25, 0.3) is 0 Å². The minimum atomic E-state index is -3.49. The van der Waals surface area contributed by atoms with Crippen molar-refractivity contribution in [1.82, 2.24) is 14.6 Å². The van der Waals surface area contributed by atoms with Crippen molar-refractivity contribution in [3.8, 4) is 0 Å². The molecule has 138 valence electrons. The summed E-state index contributed by atoms with van der Waals surface area (Å²) in [5.74, 6) is -0.219. The van der Waals surface area contributed by atoms with E-state index in [1.54, 1.807) is 36.5 Å². The van der Waals surface area contributed by atoms with Gasteiger partial charge < -0.3 is 5.32 Å². The summed E-state index contributed by atoms with van der Waals surface area (Å²) in [7, 11) is -3.49. The minimum Gasteiger partial charge on any atom is -0.348 e. The summed E-state index contributed by atoms with van der Waals surface area (Å²) in [5.41, 5.74) is 0.810. The first-order chi connectivity index (χ1) is 12.5. The van der Waals surface area contributed by atoms with Gasteiger partial charge in [-0.2, -0.15) is 4.31 Å². The van der Waals surface area contributed by atoms with Crippen molar-refractivity contribution >= 4 is 15.9 Å². The average molecular weight is 373 g/mol. The van der Waals surface area contributed by atoms with Gasteiger partial charge in [0.05, 0.1) is 16.6 Å². The summed E-state index contributed by atoms with van der Waals surface area (Å²) in [6.07, 6.45) is 2.74. The van der Waals surface area contributed by atoms with Crippen LogP contribution in [0.2, 0.25) is 0 Å². The topological polar surface area (TPSA) is 79.4 Å². The Morgan fingerprint density at radius 3 is 2.38 bits per heavy atom. The van der Waals surface area contributed by atoms with Crippen LogP contribution in [-0.2, 0) is 14.8 Å². The highest BCUT2D eigenvalue weighted by Gasteiger charge is 2.32. The van der Waals surface area contributed by atoms with Gasteiger partial charge >= 0.3 is 0 Å². The second-order valence-corrected chi connectivity index (χ2v) is 8.41. The van der Waals surface area contributed by atoms with Gasteiger partial charge in [-0.3, -0.25) is 9.78 Å². The number of nitrogens with zero attached hydrogens (tertiary/aromatic N) is 2. The second kappa shape index (κ2) is 7.97. The number of carbonyl (C=O) groups excluding carboxylic acids is 1. The van der Waals surface area contributed by atoms with Crippen LogP contribution < -0.4 is 5.32 Å². The molecule has 0 radical (unpaired) electrons. The van der Waals surface area contributed by atoms with Gasteiger partial charge in [0.2, 0.25) is 15.9 Å². The Kier molecular flexibility index (Phi) is 5.68. The van der Waals surface area contributed by atoms with Gasteiger partial charge in [-0.05, 0) is 44.0 Å². The fourth-order valence-corrected chi connectivity index (χ4v) is 4.63. The maximum absolute atomic E-state index is 12.6. The van der Waals surface area contributed by atoms with E-state index in [1.807, 2.05) is 25.1 Å². The number of piperidine rings is 1. The lowest BCUT2D eigenvalue weighted by Crippen LogP contribution is -2.43. The van der Waals surface area contributed by atoms with Crippen LogP contribution in [0.1, 0.15) is 31.5 Å². The van der Waals surface area contributed by atoms with Crippen molar-refractivity contribution < 1.29 is 13.2 Å². The van der Waals surface area contributed by atoms with Crippen molar-refractivity contribution in [2.45, 2.75) is 30.7 Å². The van der Waals surface area contributed by atoms with Crippen LogP contribution in [0.5, 0.6) is 0 Å². The van der Waals surface area contributed by atoms with Crippen molar-refractivity contribution in [2.75, 3.05) is 13.1 Å². The number of pyridine rings is 1. The zero-order valence-electron chi connectivity index (χ0n) is 14.7. The first-order valence-corrected chi connectivity index (χ1v) is 10.2. The van der Waals surface area contributed by atoms with E-state index in [1.165, 1.54) is 4.31 Å². The summed E-state index contributed by atoms with van der Waals surface area (Å²) in [6, 6.07) is 13.8. The predicted molar refractivity (Wildman–Crippen MR) is 98.7 cm³/mol. The summed E-state index contributed by atoms with van der Waals surface area (Å²) in [6.45, 7) is 2.61. The molecule has 0 aliphatic carbocycles. The number of benzene rings is 1. The predicted octanol–water partition coefficient (Wildman–Crippen LogP) is 2.36. The van der Waals surface area contributed by atoms with Crippen LogP contribution in [-0.4, -0.2) is 36.7 Å². The van der Waals surface area contributed by atoms with Crippen molar-refractivity contribution in [3.05, 3.63) is 60.4 Å². The maximum Gasteiger partial charge on any atom is 0.243 e. The molecule has 1 aliphatic rings. The van der Waals surface area contributed by atoms with Gasteiger partial charge in [-0.15, -0.1) is 0 Å². The lowest BCUT2D eigenvalue weighted by molar-refractivity contribution is -0.126. The first-order valence-electron chi connectivity index (χ1n) is 8.75. The van der Waals surface area contributed by atoms with Crippen LogP contribution >= 0.6 is 0 Å². The Balaban J connectivity index is 1.57. The van der Waals surface area contributed by atoms with E-state index in [0.717, 1.165) is 5.69 Å². The standard InChI is InChI=1S/C19H23N3O3S/c1-15(18-9-5-6-12-20-18)21-19(23)16-10-13-22(14-11-16)26(24,25)17-7-3-2-4-8-17/h2-9,12,15-16H,10-11,13-14H2,1H3,(H,21,23). The third kappa shape index (κ3) is 4.11. The van der Waals surface area contributed by atoms with Gasteiger partial charge in [-0.25, -0.2) is 8.42 Å². The first kappa shape index (κ1) is 18.5. The summed E-state index contributed by atoms with van der Waals surface area (Å²) in [5, 5.41) is 2.98. The average Bonchev–Trinajstić information content (AvgIpc) is 2.69. The van der Waals surface area contributed by atoms with E-state index in [-0.39, 0.29) is 17.9 Å². The van der Waals surface area contributed by atoms with Gasteiger partial charge in [0.1, 0.15) is 0 Å². The molecule has 7 heteroatoms. The normalized spacial score (nSPS) is 17.6. The molecular weight excluding hydrogens is 350 g/mol. The largest absolute Gasteiger partial charge is 0.348 e. The van der Waals surface area contributed by atoms with Gasteiger partial charge in [0.15, 0.2) is 0 Å². The summed E-state index contributed by atoms with van der Waals surface area (Å²) < 4.78 is 26.8. The van der Waals surface area contributed by atoms with Crippen LogP contribution in [0.25, 0.3) is 0 Å². The molecule has 1 fully saturated rings. The maximum atomic E-state index is 12.6. The molecule has 1 saturated heterocycles. The smallest absolute Gasteiger partial charge is 0.243 e. The highest BCUT2D eigenvalue weighted by Crippen LogP contribution is 2.24. The third-order valence-electron chi connectivity index (χ3n) is 4.70. The number of amides is 1. The second-order valence-electron chi connectivity index (χ2n) is 6.48. The monoisotopic (exact) mass is 373 g/mol. The molecule has 3 rings (SSSR count). The lowest BCUT2D eigenvalue weighted by Gasteiger charge is -2.31. The van der Waals surface area contributed by atoms with E-state index in [0.29, 0.717) is 30.8 Å². The van der Waals surface area contributed by atoms with Crippen molar-refractivity contribution in [2.24, 2.45) is 5.92 Å². The molecule has 26 heavy (non-hydrogen) atoms. The van der Waals surface area contributed by atoms with E-state index in [9.17, 15) is 13.2 Å². The number of aromatic nitrogens is 1. The molecule has 2 aromatic rings. The third-order valence-corrected chi connectivity index (χ3v) is 6.61. The van der Waals surface area contributed by atoms with Crippen LogP contribution in [0.15, 0.2) is 59.6 Å². The molecule has 1 atom stereocenters. The van der Waals surface area contributed by atoms with Crippen LogP contribution in [0, 0.1) is 5.92 Å². The van der Waals surface area contributed by atoms with Crippen LogP contribution in [0.4, 0.5) is 0 Å². The zero-order chi connectivity index (χ0) is 18.6. The van der Waals surface area contributed by atoms with E-state index in [4.69, 9.17) is 0 Å². The fourth-order valence-electron chi connectivity index (χ4n) is 3.14. The molecule has 1 aromatic heterocycles. The molecule has 0 bridgehead atoms. The van der Waals surface area contributed by atoms with Gasteiger partial charge in [0, 0.05) is 25.2 Å². The van der Waals surface area contributed by atoms with E-state index < -0.39 is 10.0 Å².